The Bertz CT molecular complexity index is 724. The lowest BCUT2D eigenvalue weighted by atomic mass is 10.2. The summed E-state index contributed by atoms with van der Waals surface area (Å²) in [6.45, 7) is 0. The molecule has 0 N–H and O–H groups in total. The van der Waals surface area contributed by atoms with Crippen molar-refractivity contribution in [2.75, 3.05) is 0 Å². The summed E-state index contributed by atoms with van der Waals surface area (Å²) in [4.78, 5) is 8.41. The maximum Gasteiger partial charge on any atom is 0.128 e. The molecule has 1 aromatic heterocycles. The van der Waals surface area contributed by atoms with Gasteiger partial charge in [-0.25, -0.2) is 0 Å². The number of aromatic nitrogens is 1. The first-order valence-electron chi connectivity index (χ1n) is 6.67. The van der Waals surface area contributed by atoms with Gasteiger partial charge in [0.2, 0.25) is 0 Å². The van der Waals surface area contributed by atoms with E-state index in [2.05, 4.69) is 9.98 Å². The normalized spacial score (nSPS) is 10.7. The molecule has 3 heteroatoms. The molecule has 3 aromatic rings. The molecule has 0 unspecified atom stereocenters. The average molecular weight is 274 g/mol. The van der Waals surface area contributed by atoms with Crippen molar-refractivity contribution in [1.29, 1.82) is 0 Å². The molecule has 3 rings (SSSR count). The monoisotopic (exact) mass is 274 g/mol. The van der Waals surface area contributed by atoms with E-state index >= 15 is 0 Å². The number of rotatable bonds is 4. The molecule has 0 atom stereocenters. The topological polar surface area (TPSA) is 34.5 Å². The Balaban J connectivity index is 1.76. The van der Waals surface area contributed by atoms with E-state index in [1.54, 1.807) is 18.6 Å². The van der Waals surface area contributed by atoms with Crippen LogP contribution in [0.15, 0.2) is 84.1 Å². The van der Waals surface area contributed by atoms with Crippen molar-refractivity contribution in [2.24, 2.45) is 4.99 Å². The van der Waals surface area contributed by atoms with E-state index in [9.17, 15) is 0 Å². The second-order valence-corrected chi connectivity index (χ2v) is 4.46. The molecule has 0 aliphatic rings. The summed E-state index contributed by atoms with van der Waals surface area (Å²) in [7, 11) is 0. The quantitative estimate of drug-likeness (QED) is 0.650. The molecule has 2 aromatic carbocycles. The lowest BCUT2D eigenvalue weighted by Gasteiger charge is -2.05. The molecule has 0 bridgehead atoms. The molecule has 1 heterocycles. The zero-order valence-electron chi connectivity index (χ0n) is 11.4. The van der Waals surface area contributed by atoms with E-state index in [0.29, 0.717) is 0 Å². The van der Waals surface area contributed by atoms with Gasteiger partial charge in [-0.15, -0.1) is 0 Å². The molecule has 0 fully saturated rings. The van der Waals surface area contributed by atoms with Crippen molar-refractivity contribution < 1.29 is 4.74 Å². The number of para-hydroxylation sites is 1. The summed E-state index contributed by atoms with van der Waals surface area (Å²) in [5, 5.41) is 0. The van der Waals surface area contributed by atoms with Crippen molar-refractivity contribution in [1.82, 2.24) is 4.98 Å². The molecule has 0 radical (unpaired) electrons. The molecule has 102 valence electrons. The second kappa shape index (κ2) is 6.48. The summed E-state index contributed by atoms with van der Waals surface area (Å²) in [5.41, 5.74) is 1.80. The van der Waals surface area contributed by atoms with Crippen LogP contribution >= 0.6 is 0 Å². The van der Waals surface area contributed by atoms with Crippen molar-refractivity contribution in [2.45, 2.75) is 0 Å². The first-order chi connectivity index (χ1) is 10.4. The third kappa shape index (κ3) is 3.76. The van der Waals surface area contributed by atoms with Gasteiger partial charge in [0.25, 0.3) is 0 Å². The SMILES string of the molecule is C(=Nc1cccnc1)c1cccc(Oc2ccccc2)c1. The van der Waals surface area contributed by atoms with Crippen LogP contribution < -0.4 is 4.74 Å². The highest BCUT2D eigenvalue weighted by Crippen LogP contribution is 2.21. The number of aliphatic imine (C=N–C) groups is 1. The molecule has 21 heavy (non-hydrogen) atoms. The van der Waals surface area contributed by atoms with E-state index < -0.39 is 0 Å². The largest absolute Gasteiger partial charge is 0.457 e. The van der Waals surface area contributed by atoms with Crippen molar-refractivity contribution in [3.05, 3.63) is 84.7 Å². The molecule has 0 amide bonds. The van der Waals surface area contributed by atoms with E-state index in [4.69, 9.17) is 4.74 Å². The smallest absolute Gasteiger partial charge is 0.128 e. The summed E-state index contributed by atoms with van der Waals surface area (Å²) in [6, 6.07) is 21.3. The minimum Gasteiger partial charge on any atom is -0.457 e. The van der Waals surface area contributed by atoms with E-state index in [0.717, 1.165) is 22.7 Å². The highest BCUT2D eigenvalue weighted by atomic mass is 16.5. The number of ether oxygens (including phenoxy) is 1. The Labute approximate surface area is 123 Å². The maximum absolute atomic E-state index is 5.80. The van der Waals surface area contributed by atoms with Crippen molar-refractivity contribution in [3.63, 3.8) is 0 Å². The zero-order valence-corrected chi connectivity index (χ0v) is 11.4. The van der Waals surface area contributed by atoms with Crippen LogP contribution in [0.5, 0.6) is 11.5 Å². The molecule has 0 spiro atoms. The predicted octanol–water partition coefficient (Wildman–Crippen LogP) is 4.62. The lowest BCUT2D eigenvalue weighted by Crippen LogP contribution is -1.86. The van der Waals surface area contributed by atoms with E-state index in [1.807, 2.05) is 66.7 Å². The Hall–Kier alpha value is -2.94. The molecule has 0 saturated carbocycles. The number of pyridine rings is 1. The summed E-state index contributed by atoms with van der Waals surface area (Å²) < 4.78 is 5.80. The van der Waals surface area contributed by atoms with Gasteiger partial charge < -0.3 is 4.74 Å². The number of nitrogens with zero attached hydrogens (tertiary/aromatic N) is 2. The lowest BCUT2D eigenvalue weighted by molar-refractivity contribution is 0.482. The van der Waals surface area contributed by atoms with Gasteiger partial charge in [0.05, 0.1) is 11.9 Å². The highest BCUT2D eigenvalue weighted by Gasteiger charge is 1.97. The molecule has 0 aliphatic carbocycles. The maximum atomic E-state index is 5.80. The van der Waals surface area contributed by atoms with Crippen LogP contribution in [0.4, 0.5) is 5.69 Å². The van der Waals surface area contributed by atoms with Crippen LogP contribution in [-0.4, -0.2) is 11.2 Å². The van der Waals surface area contributed by atoms with Crippen LogP contribution in [0.2, 0.25) is 0 Å². The summed E-state index contributed by atoms with van der Waals surface area (Å²) in [6.07, 6.45) is 5.25. The van der Waals surface area contributed by atoms with Gasteiger partial charge in [-0.2, -0.15) is 0 Å². The van der Waals surface area contributed by atoms with Crippen LogP contribution in [0.25, 0.3) is 0 Å². The Morgan fingerprint density at radius 1 is 0.857 bits per heavy atom. The molecule has 0 aliphatic heterocycles. The van der Waals surface area contributed by atoms with Crippen LogP contribution in [0.3, 0.4) is 0 Å². The van der Waals surface area contributed by atoms with E-state index in [1.165, 1.54) is 0 Å². The van der Waals surface area contributed by atoms with Gasteiger partial charge in [-0.3, -0.25) is 9.98 Å². The van der Waals surface area contributed by atoms with Gasteiger partial charge in [0, 0.05) is 12.4 Å². The van der Waals surface area contributed by atoms with Crippen LogP contribution in [0.1, 0.15) is 5.56 Å². The molecular formula is C18H14N2O. The number of hydrogen-bond donors (Lipinski definition) is 0. The Morgan fingerprint density at radius 2 is 1.71 bits per heavy atom. The first-order valence-corrected chi connectivity index (χ1v) is 6.67. The second-order valence-electron chi connectivity index (χ2n) is 4.46. The molecular weight excluding hydrogens is 260 g/mol. The van der Waals surface area contributed by atoms with Crippen LogP contribution in [0, 0.1) is 0 Å². The fourth-order valence-electron chi connectivity index (χ4n) is 1.86. The summed E-state index contributed by atoms with van der Waals surface area (Å²) in [5.74, 6) is 1.61. The van der Waals surface area contributed by atoms with Crippen molar-refractivity contribution >= 4 is 11.9 Å². The first kappa shape index (κ1) is 13.1. The van der Waals surface area contributed by atoms with Gasteiger partial charge in [0.1, 0.15) is 11.5 Å². The Morgan fingerprint density at radius 3 is 2.52 bits per heavy atom. The number of benzene rings is 2. The highest BCUT2D eigenvalue weighted by molar-refractivity contribution is 5.82. The molecule has 3 nitrogen and oxygen atoms in total. The average Bonchev–Trinajstić information content (AvgIpc) is 2.55. The standard InChI is InChI=1S/C18H14N2O/c1-2-8-17(9-3-1)21-18-10-4-6-15(12-18)13-20-16-7-5-11-19-14-16/h1-14H. The third-order valence-electron chi connectivity index (χ3n) is 2.85. The van der Waals surface area contributed by atoms with Gasteiger partial charge in [0.15, 0.2) is 0 Å². The van der Waals surface area contributed by atoms with Gasteiger partial charge in [-0.05, 0) is 42.0 Å². The zero-order chi connectivity index (χ0) is 14.3. The molecule has 0 saturated heterocycles. The Kier molecular flexibility index (Phi) is 4.03. The fraction of sp³-hybridized carbons (Fsp3) is 0. The van der Waals surface area contributed by atoms with Gasteiger partial charge in [-0.1, -0.05) is 30.3 Å². The number of hydrogen-bond acceptors (Lipinski definition) is 3. The predicted molar refractivity (Wildman–Crippen MR) is 84.4 cm³/mol. The minimum absolute atomic E-state index is 0.788. The fourth-order valence-corrected chi connectivity index (χ4v) is 1.86. The third-order valence-corrected chi connectivity index (χ3v) is 2.85. The van der Waals surface area contributed by atoms with Crippen LogP contribution in [-0.2, 0) is 0 Å². The van der Waals surface area contributed by atoms with Crippen molar-refractivity contribution in [3.8, 4) is 11.5 Å². The van der Waals surface area contributed by atoms with Gasteiger partial charge >= 0.3 is 0 Å². The minimum atomic E-state index is 0.788. The van der Waals surface area contributed by atoms with E-state index in [-0.39, 0.29) is 0 Å². The summed E-state index contributed by atoms with van der Waals surface area (Å²) >= 11 is 0.